The van der Waals surface area contributed by atoms with Crippen molar-refractivity contribution in [1.82, 2.24) is 5.32 Å². The zero-order valence-corrected chi connectivity index (χ0v) is 22.0. The third-order valence-corrected chi connectivity index (χ3v) is 7.37. The van der Waals surface area contributed by atoms with E-state index in [4.69, 9.17) is 4.42 Å². The van der Waals surface area contributed by atoms with Crippen LogP contribution in [0.3, 0.4) is 0 Å². The molecule has 3 amide bonds. The Kier molecular flexibility index (Phi) is 8.25. The van der Waals surface area contributed by atoms with Crippen LogP contribution in [0.2, 0.25) is 0 Å². The van der Waals surface area contributed by atoms with E-state index in [1.807, 2.05) is 12.1 Å². The van der Waals surface area contributed by atoms with Crippen molar-refractivity contribution >= 4 is 29.5 Å². The Bertz CT molecular complexity index is 1470. The second-order valence-electron chi connectivity index (χ2n) is 9.94. The van der Waals surface area contributed by atoms with Gasteiger partial charge in [0, 0.05) is 24.2 Å². The molecule has 1 aliphatic carbocycles. The number of carbonyl (C=O) groups excluding carboxylic acids is 2. The van der Waals surface area contributed by atoms with E-state index in [1.165, 1.54) is 41.2 Å². The highest BCUT2D eigenvalue weighted by Crippen LogP contribution is 2.39. The maximum absolute atomic E-state index is 13.5. The minimum atomic E-state index is -1.09. The van der Waals surface area contributed by atoms with E-state index < -0.39 is 12.0 Å². The smallest absolute Gasteiger partial charge is 0.335 e. The van der Waals surface area contributed by atoms with Crippen molar-refractivity contribution in [2.45, 2.75) is 25.2 Å². The normalized spacial score (nSPS) is 16.0. The molecule has 0 saturated carbocycles. The average Bonchev–Trinajstić information content (AvgIpc) is 3.51. The number of furan rings is 1. The number of rotatable bonds is 9. The van der Waals surface area contributed by atoms with Gasteiger partial charge in [-0.3, -0.25) is 9.69 Å². The summed E-state index contributed by atoms with van der Waals surface area (Å²) in [5.41, 5.74) is 4.16. The molecule has 0 fully saturated rings. The van der Waals surface area contributed by atoms with Gasteiger partial charge in [-0.1, -0.05) is 60.7 Å². The molecule has 8 nitrogen and oxygen atoms in total. The molecule has 2 atom stereocenters. The maximum atomic E-state index is 13.5. The van der Waals surface area contributed by atoms with E-state index in [9.17, 15) is 19.5 Å². The molecule has 1 aliphatic rings. The minimum absolute atomic E-state index is 0.0516. The van der Waals surface area contributed by atoms with Crippen molar-refractivity contribution in [1.29, 1.82) is 0 Å². The molecule has 1 aromatic heterocycles. The quantitative estimate of drug-likeness (QED) is 0.253. The van der Waals surface area contributed by atoms with Crippen molar-refractivity contribution in [3.63, 3.8) is 0 Å². The first kappa shape index (κ1) is 26.7. The monoisotopic (exact) mass is 537 g/mol. The Morgan fingerprint density at radius 3 is 2.50 bits per heavy atom. The summed E-state index contributed by atoms with van der Waals surface area (Å²) in [4.78, 5) is 38.9. The molecule has 0 bridgehead atoms. The summed E-state index contributed by atoms with van der Waals surface area (Å²) in [5, 5.41) is 14.4. The third kappa shape index (κ3) is 6.40. The van der Waals surface area contributed by atoms with E-state index in [-0.39, 0.29) is 23.9 Å². The summed E-state index contributed by atoms with van der Waals surface area (Å²) in [6.45, 7) is 0.147. The maximum Gasteiger partial charge on any atom is 0.335 e. The lowest BCUT2D eigenvalue weighted by atomic mass is 9.72. The van der Waals surface area contributed by atoms with E-state index in [0.29, 0.717) is 24.0 Å². The van der Waals surface area contributed by atoms with E-state index in [0.717, 1.165) is 19.3 Å². The predicted octanol–water partition coefficient (Wildman–Crippen LogP) is 5.72. The van der Waals surface area contributed by atoms with Gasteiger partial charge in [0.2, 0.25) is 11.8 Å². The number of hydrogen-bond acceptors (Lipinski definition) is 4. The lowest BCUT2D eigenvalue weighted by Crippen LogP contribution is -2.44. The van der Waals surface area contributed by atoms with E-state index in [2.05, 4.69) is 53.1 Å². The van der Waals surface area contributed by atoms with Crippen LogP contribution in [-0.2, 0) is 17.6 Å². The van der Waals surface area contributed by atoms with Gasteiger partial charge in [0.05, 0.1) is 18.4 Å². The van der Waals surface area contributed by atoms with Crippen molar-refractivity contribution in [2.24, 2.45) is 5.92 Å². The van der Waals surface area contributed by atoms with Gasteiger partial charge in [-0.2, -0.15) is 0 Å². The van der Waals surface area contributed by atoms with Crippen LogP contribution in [0.25, 0.3) is 0 Å². The zero-order valence-electron chi connectivity index (χ0n) is 22.0. The van der Waals surface area contributed by atoms with Gasteiger partial charge in [0.25, 0.3) is 0 Å². The van der Waals surface area contributed by atoms with Crippen molar-refractivity contribution < 1.29 is 23.9 Å². The number of aromatic carboxylic acids is 1. The fraction of sp³-hybridized carbons (Fsp3) is 0.219. The first-order valence-electron chi connectivity index (χ1n) is 13.3. The number of hydrogen-bond donors (Lipinski definition) is 3. The second kappa shape index (κ2) is 12.3. The number of nitrogens with one attached hydrogen (secondary N) is 2. The summed E-state index contributed by atoms with van der Waals surface area (Å²) >= 11 is 0. The highest BCUT2D eigenvalue weighted by atomic mass is 16.4. The second-order valence-corrected chi connectivity index (χ2v) is 9.94. The number of amides is 3. The predicted molar refractivity (Wildman–Crippen MR) is 153 cm³/mol. The number of carbonyl (C=O) groups is 3. The van der Waals surface area contributed by atoms with E-state index >= 15 is 0 Å². The number of aryl methyl sites for hydroxylation is 1. The highest BCUT2D eigenvalue weighted by Gasteiger charge is 2.33. The summed E-state index contributed by atoms with van der Waals surface area (Å²) < 4.78 is 5.66. The molecule has 1 heterocycles. The van der Waals surface area contributed by atoms with Crippen molar-refractivity contribution in [2.75, 3.05) is 23.3 Å². The van der Waals surface area contributed by atoms with Crippen molar-refractivity contribution in [3.8, 4) is 0 Å². The van der Waals surface area contributed by atoms with Gasteiger partial charge >= 0.3 is 12.0 Å². The SMILES string of the molecule is O=C(NCC(=O)N(CC1c2ccccc2CCC1Cc1ccccc1)c1ccco1)Nc1cccc(C(=O)O)c1. The molecule has 0 spiro atoms. The van der Waals surface area contributed by atoms with Crippen LogP contribution in [-0.4, -0.2) is 36.1 Å². The Labute approximate surface area is 232 Å². The van der Waals surface area contributed by atoms with Gasteiger partial charge in [0.15, 0.2) is 0 Å². The molecular formula is C32H31N3O5. The number of fused-ring (bicyclic) bond motifs is 1. The van der Waals surface area contributed by atoms with Gasteiger partial charge < -0.3 is 20.2 Å². The highest BCUT2D eigenvalue weighted by molar-refractivity contribution is 5.98. The number of nitrogens with zero attached hydrogens (tertiary/aromatic N) is 1. The Morgan fingerprint density at radius 1 is 0.925 bits per heavy atom. The van der Waals surface area contributed by atoms with Gasteiger partial charge in [-0.05, 0) is 66.1 Å². The molecule has 0 saturated heterocycles. The summed E-state index contributed by atoms with van der Waals surface area (Å²) in [6.07, 6.45) is 4.42. The van der Waals surface area contributed by atoms with Gasteiger partial charge in [-0.15, -0.1) is 0 Å². The average molecular weight is 538 g/mol. The van der Waals surface area contributed by atoms with Gasteiger partial charge in [-0.25, -0.2) is 9.59 Å². The molecule has 8 heteroatoms. The standard InChI is InChI=1S/C32H31N3O5/c36-29(20-33-32(39)34-26-12-6-11-25(19-26)31(37)38)35(30-14-7-17-40-30)21-28-24(18-22-8-2-1-3-9-22)16-15-23-10-4-5-13-27(23)28/h1-14,17,19,24,28H,15-16,18,20-21H2,(H,37,38)(H2,33,34,39). The fourth-order valence-electron chi connectivity index (χ4n) is 5.42. The number of carboxylic acids is 1. The molecule has 40 heavy (non-hydrogen) atoms. The Hall–Kier alpha value is -4.85. The molecule has 4 aromatic rings. The first-order chi connectivity index (χ1) is 19.5. The molecule has 204 valence electrons. The van der Waals surface area contributed by atoms with Gasteiger partial charge in [0.1, 0.15) is 0 Å². The molecule has 0 aliphatic heterocycles. The molecule has 5 rings (SSSR count). The van der Waals surface area contributed by atoms with Crippen molar-refractivity contribution in [3.05, 3.63) is 120 Å². The minimum Gasteiger partial charge on any atom is -0.478 e. The number of urea groups is 1. The van der Waals surface area contributed by atoms with Crippen LogP contribution in [0.1, 0.15) is 39.4 Å². The molecule has 2 unspecified atom stereocenters. The Balaban J connectivity index is 1.32. The molecular weight excluding hydrogens is 506 g/mol. The number of benzene rings is 3. The van der Waals surface area contributed by atoms with Crippen LogP contribution >= 0.6 is 0 Å². The summed E-state index contributed by atoms with van der Waals surface area (Å²) in [6, 6.07) is 27.6. The lowest BCUT2D eigenvalue weighted by molar-refractivity contribution is -0.117. The summed E-state index contributed by atoms with van der Waals surface area (Å²) in [7, 11) is 0. The third-order valence-electron chi connectivity index (χ3n) is 7.37. The van der Waals surface area contributed by atoms with Crippen LogP contribution in [0.5, 0.6) is 0 Å². The van der Waals surface area contributed by atoms with Crippen LogP contribution in [0.4, 0.5) is 16.4 Å². The van der Waals surface area contributed by atoms with E-state index in [1.54, 1.807) is 23.1 Å². The topological polar surface area (TPSA) is 112 Å². The van der Waals surface area contributed by atoms with Crippen LogP contribution in [0.15, 0.2) is 102 Å². The molecule has 3 aromatic carbocycles. The van der Waals surface area contributed by atoms with Crippen LogP contribution < -0.4 is 15.5 Å². The largest absolute Gasteiger partial charge is 0.478 e. The molecule has 0 radical (unpaired) electrons. The van der Waals surface area contributed by atoms with Crippen LogP contribution in [0, 0.1) is 5.92 Å². The molecule has 3 N–H and O–H groups in total. The zero-order chi connectivity index (χ0) is 27.9. The Morgan fingerprint density at radius 2 is 1.73 bits per heavy atom. The lowest BCUT2D eigenvalue weighted by Gasteiger charge is -2.36. The fourth-order valence-corrected chi connectivity index (χ4v) is 5.42. The summed E-state index contributed by atoms with van der Waals surface area (Å²) in [5.74, 6) is -0.593. The number of anilines is 2. The number of carboxylic acid groups (broad SMARTS) is 1. The first-order valence-corrected chi connectivity index (χ1v) is 13.3.